The van der Waals surface area contributed by atoms with Gasteiger partial charge in [-0.1, -0.05) is 6.07 Å². The molecule has 1 N–H and O–H groups in total. The summed E-state index contributed by atoms with van der Waals surface area (Å²) >= 11 is 0. The third-order valence-electron chi connectivity index (χ3n) is 2.88. The van der Waals surface area contributed by atoms with Crippen LogP contribution in [0.1, 0.15) is 12.5 Å². The maximum absolute atomic E-state index is 13.8. The van der Waals surface area contributed by atoms with Crippen molar-refractivity contribution in [3.05, 3.63) is 41.8 Å². The Morgan fingerprint density at radius 1 is 1.38 bits per heavy atom. The van der Waals surface area contributed by atoms with Gasteiger partial charge in [0.2, 0.25) is 0 Å². The number of aromatic nitrogens is 2. The molecule has 0 aliphatic heterocycles. The number of halogens is 1. The molecule has 0 radical (unpaired) electrons. The van der Waals surface area contributed by atoms with E-state index in [2.05, 4.69) is 5.10 Å². The Labute approximate surface area is 120 Å². The first-order valence-electron chi connectivity index (χ1n) is 6.13. The quantitative estimate of drug-likeness (QED) is 0.904. The largest absolute Gasteiger partial charge is 0.481 e. The Kier molecular flexibility index (Phi) is 4.08. The van der Waals surface area contributed by atoms with Gasteiger partial charge in [0.05, 0.1) is 17.9 Å². The molecule has 21 heavy (non-hydrogen) atoms. The minimum absolute atomic E-state index is 0.0683. The minimum atomic E-state index is -3.54. The fourth-order valence-electron chi connectivity index (χ4n) is 1.79. The smallest absolute Gasteiger partial charge is 0.307 e. The van der Waals surface area contributed by atoms with Crippen molar-refractivity contribution in [3.8, 4) is 11.3 Å². The molecule has 0 bridgehead atoms. The number of hydrogen-bond acceptors (Lipinski definition) is 4. The lowest BCUT2D eigenvalue weighted by molar-refractivity contribution is -0.136. The molecule has 0 unspecified atom stereocenters. The molecule has 1 heterocycles. The molecule has 8 heteroatoms. The first kappa shape index (κ1) is 15.2. The van der Waals surface area contributed by atoms with Crippen molar-refractivity contribution in [1.82, 2.24) is 9.19 Å². The van der Waals surface area contributed by atoms with E-state index in [0.717, 1.165) is 10.2 Å². The fourth-order valence-corrected chi connectivity index (χ4v) is 2.51. The number of hydrogen-bond donors (Lipinski definition) is 1. The van der Waals surface area contributed by atoms with Crippen molar-refractivity contribution >= 4 is 16.0 Å². The van der Waals surface area contributed by atoms with E-state index in [4.69, 9.17) is 5.11 Å². The van der Waals surface area contributed by atoms with Crippen LogP contribution in [-0.2, 0) is 21.2 Å². The molecule has 6 nitrogen and oxygen atoms in total. The first-order chi connectivity index (χ1) is 9.83. The van der Waals surface area contributed by atoms with Crippen molar-refractivity contribution in [3.63, 3.8) is 0 Å². The van der Waals surface area contributed by atoms with E-state index in [-0.39, 0.29) is 23.4 Å². The van der Waals surface area contributed by atoms with Crippen molar-refractivity contribution in [2.75, 3.05) is 5.75 Å². The van der Waals surface area contributed by atoms with E-state index in [9.17, 15) is 17.6 Å². The number of aliphatic carboxylic acids is 1. The zero-order chi connectivity index (χ0) is 15.6. The number of rotatable bonds is 5. The van der Waals surface area contributed by atoms with Gasteiger partial charge in [-0.3, -0.25) is 4.79 Å². The summed E-state index contributed by atoms with van der Waals surface area (Å²) < 4.78 is 38.0. The maximum Gasteiger partial charge on any atom is 0.307 e. The highest BCUT2D eigenvalue weighted by molar-refractivity contribution is 7.89. The second-order valence-electron chi connectivity index (χ2n) is 4.36. The first-order valence-corrected chi connectivity index (χ1v) is 7.74. The molecule has 0 amide bonds. The van der Waals surface area contributed by atoms with E-state index in [1.54, 1.807) is 0 Å². The Bertz CT molecular complexity index is 783. The van der Waals surface area contributed by atoms with Gasteiger partial charge in [0.1, 0.15) is 5.82 Å². The van der Waals surface area contributed by atoms with Gasteiger partial charge in [0.15, 0.2) is 0 Å². The molecular weight excluding hydrogens is 299 g/mol. The minimum Gasteiger partial charge on any atom is -0.481 e. The van der Waals surface area contributed by atoms with Gasteiger partial charge in [-0.25, -0.2) is 12.8 Å². The molecule has 1 aromatic heterocycles. The van der Waals surface area contributed by atoms with E-state index >= 15 is 0 Å². The number of carboxylic acid groups (broad SMARTS) is 1. The summed E-state index contributed by atoms with van der Waals surface area (Å²) in [5.41, 5.74) is 0.613. The molecule has 112 valence electrons. The van der Waals surface area contributed by atoms with Crippen molar-refractivity contribution in [1.29, 1.82) is 0 Å². The van der Waals surface area contributed by atoms with Gasteiger partial charge in [-0.15, -0.1) is 0 Å². The highest BCUT2D eigenvalue weighted by Crippen LogP contribution is 2.23. The summed E-state index contributed by atoms with van der Waals surface area (Å²) in [5, 5.41) is 12.6. The van der Waals surface area contributed by atoms with Crippen LogP contribution < -0.4 is 0 Å². The topological polar surface area (TPSA) is 89.3 Å². The monoisotopic (exact) mass is 312 g/mol. The second kappa shape index (κ2) is 5.65. The van der Waals surface area contributed by atoms with Crippen LogP contribution in [0.3, 0.4) is 0 Å². The lowest BCUT2D eigenvalue weighted by Crippen LogP contribution is -2.15. The van der Waals surface area contributed by atoms with Crippen LogP contribution in [0.2, 0.25) is 0 Å². The Hall–Kier alpha value is -2.22. The Morgan fingerprint density at radius 3 is 2.71 bits per heavy atom. The summed E-state index contributed by atoms with van der Waals surface area (Å²) in [6, 6.07) is 5.23. The van der Waals surface area contributed by atoms with Crippen LogP contribution >= 0.6 is 0 Å². The van der Waals surface area contributed by atoms with E-state index < -0.39 is 21.8 Å². The fraction of sp³-hybridized carbons (Fsp3) is 0.231. The van der Waals surface area contributed by atoms with Gasteiger partial charge in [-0.2, -0.15) is 9.19 Å². The standard InChI is InChI=1S/C13H13FN2O4S/c1-2-21(19,20)16-6-5-12(15-16)10-7-9(8-13(17)18)3-4-11(10)14/h3-7H,2,8H2,1H3,(H,17,18). The predicted octanol–water partition coefficient (Wildman–Crippen LogP) is 1.51. The van der Waals surface area contributed by atoms with Crippen LogP contribution in [0.15, 0.2) is 30.5 Å². The van der Waals surface area contributed by atoms with Crippen LogP contribution in [0, 0.1) is 5.82 Å². The van der Waals surface area contributed by atoms with Crippen LogP contribution in [0.5, 0.6) is 0 Å². The molecule has 0 fully saturated rings. The van der Waals surface area contributed by atoms with Crippen LogP contribution in [0.4, 0.5) is 4.39 Å². The van der Waals surface area contributed by atoms with E-state index in [0.29, 0.717) is 5.56 Å². The molecule has 2 aromatic rings. The zero-order valence-corrected chi connectivity index (χ0v) is 12.0. The van der Waals surface area contributed by atoms with Crippen molar-refractivity contribution in [2.45, 2.75) is 13.3 Å². The molecule has 2 rings (SSSR count). The van der Waals surface area contributed by atoms with Gasteiger partial charge in [0, 0.05) is 11.8 Å². The van der Waals surface area contributed by atoms with E-state index in [1.165, 1.54) is 31.3 Å². The van der Waals surface area contributed by atoms with Gasteiger partial charge in [0.25, 0.3) is 10.0 Å². The number of carboxylic acids is 1. The normalized spacial score (nSPS) is 11.5. The highest BCUT2D eigenvalue weighted by atomic mass is 32.2. The molecule has 0 aliphatic rings. The van der Waals surface area contributed by atoms with E-state index in [1.807, 2.05) is 0 Å². The summed E-state index contributed by atoms with van der Waals surface area (Å²) in [4.78, 5) is 10.7. The summed E-state index contributed by atoms with van der Waals surface area (Å²) in [6.07, 6.45) is 0.985. The van der Waals surface area contributed by atoms with Gasteiger partial charge < -0.3 is 5.11 Å². The molecule has 0 atom stereocenters. The lowest BCUT2D eigenvalue weighted by Gasteiger charge is -2.04. The average Bonchev–Trinajstić information content (AvgIpc) is 2.90. The van der Waals surface area contributed by atoms with Gasteiger partial charge in [-0.05, 0) is 30.7 Å². The third-order valence-corrected chi connectivity index (χ3v) is 4.38. The van der Waals surface area contributed by atoms with Gasteiger partial charge >= 0.3 is 5.97 Å². The van der Waals surface area contributed by atoms with Crippen molar-refractivity contribution < 1.29 is 22.7 Å². The maximum atomic E-state index is 13.8. The Balaban J connectivity index is 2.45. The molecule has 0 saturated carbocycles. The summed E-state index contributed by atoms with van der Waals surface area (Å²) in [6.45, 7) is 1.48. The number of benzene rings is 1. The summed E-state index contributed by atoms with van der Waals surface area (Å²) in [7, 11) is -3.54. The second-order valence-corrected chi connectivity index (χ2v) is 6.47. The average molecular weight is 312 g/mol. The van der Waals surface area contributed by atoms with Crippen LogP contribution in [0.25, 0.3) is 11.3 Å². The molecular formula is C13H13FN2O4S. The SMILES string of the molecule is CCS(=O)(=O)n1ccc(-c2cc(CC(=O)O)ccc2F)n1. The third kappa shape index (κ3) is 3.27. The molecule has 0 spiro atoms. The number of carbonyl (C=O) groups is 1. The zero-order valence-electron chi connectivity index (χ0n) is 11.2. The highest BCUT2D eigenvalue weighted by Gasteiger charge is 2.15. The van der Waals surface area contributed by atoms with Crippen molar-refractivity contribution in [2.24, 2.45) is 0 Å². The molecule has 1 aromatic carbocycles. The van der Waals surface area contributed by atoms with Crippen LogP contribution in [-0.4, -0.2) is 34.4 Å². The summed E-state index contributed by atoms with van der Waals surface area (Å²) in [5.74, 6) is -1.76. The molecule has 0 saturated heterocycles. The predicted molar refractivity (Wildman–Crippen MR) is 73.8 cm³/mol. The number of nitrogens with zero attached hydrogens (tertiary/aromatic N) is 2. The lowest BCUT2D eigenvalue weighted by atomic mass is 10.1. The molecule has 0 aliphatic carbocycles. The Morgan fingerprint density at radius 2 is 2.10 bits per heavy atom.